The van der Waals surface area contributed by atoms with E-state index in [1.807, 2.05) is 30.3 Å². The Labute approximate surface area is 114 Å². The van der Waals surface area contributed by atoms with E-state index >= 15 is 0 Å². The topological polar surface area (TPSA) is 41.9 Å². The zero-order chi connectivity index (χ0) is 13.5. The minimum Gasteiger partial charge on any atom is -0.389 e. The minimum absolute atomic E-state index is 0.256. The van der Waals surface area contributed by atoms with Crippen LogP contribution >= 0.6 is 0 Å². The number of aliphatic hydroxyl groups excluding tert-OH is 1. The molecule has 2 atom stereocenters. The van der Waals surface area contributed by atoms with Crippen LogP contribution in [0.4, 0.5) is 0 Å². The van der Waals surface area contributed by atoms with E-state index in [1.165, 1.54) is 0 Å². The Bertz CT molecular complexity index is 358. The maximum Gasteiger partial charge on any atom is 0.0900 e. The van der Waals surface area contributed by atoms with Crippen LogP contribution in [0.2, 0.25) is 0 Å². The third-order valence-electron chi connectivity index (χ3n) is 3.22. The van der Waals surface area contributed by atoms with Crippen molar-refractivity contribution in [1.29, 1.82) is 0 Å². The summed E-state index contributed by atoms with van der Waals surface area (Å²) in [6.45, 7) is 6.17. The monoisotopic (exact) mass is 265 g/mol. The van der Waals surface area contributed by atoms with Crippen molar-refractivity contribution in [2.75, 3.05) is 32.8 Å². The molecule has 0 saturated carbocycles. The van der Waals surface area contributed by atoms with Crippen molar-refractivity contribution in [1.82, 2.24) is 4.90 Å². The Morgan fingerprint density at radius 1 is 1.42 bits per heavy atom. The van der Waals surface area contributed by atoms with Crippen LogP contribution in [0.3, 0.4) is 0 Å². The average molecular weight is 265 g/mol. The molecule has 1 fully saturated rings. The van der Waals surface area contributed by atoms with Gasteiger partial charge in [-0.05, 0) is 12.5 Å². The van der Waals surface area contributed by atoms with Gasteiger partial charge in [-0.2, -0.15) is 0 Å². The second-order valence-corrected chi connectivity index (χ2v) is 5.10. The first-order valence-corrected chi connectivity index (χ1v) is 6.87. The van der Waals surface area contributed by atoms with Gasteiger partial charge in [0.05, 0.1) is 32.0 Å². The van der Waals surface area contributed by atoms with Gasteiger partial charge in [-0.25, -0.2) is 0 Å². The predicted octanol–water partition coefficient (Wildman–Crippen LogP) is 1.28. The lowest BCUT2D eigenvalue weighted by Crippen LogP contribution is -2.45. The van der Waals surface area contributed by atoms with E-state index < -0.39 is 6.10 Å². The Morgan fingerprint density at radius 3 is 2.95 bits per heavy atom. The molecule has 106 valence electrons. The first-order chi connectivity index (χ1) is 9.24. The van der Waals surface area contributed by atoms with E-state index in [0.29, 0.717) is 19.8 Å². The first kappa shape index (κ1) is 14.5. The van der Waals surface area contributed by atoms with E-state index in [0.717, 1.165) is 25.3 Å². The van der Waals surface area contributed by atoms with Gasteiger partial charge >= 0.3 is 0 Å². The highest BCUT2D eigenvalue weighted by Gasteiger charge is 2.19. The maximum atomic E-state index is 9.96. The van der Waals surface area contributed by atoms with Gasteiger partial charge in [-0.3, -0.25) is 4.90 Å². The van der Waals surface area contributed by atoms with Crippen molar-refractivity contribution < 1.29 is 14.6 Å². The van der Waals surface area contributed by atoms with Crippen molar-refractivity contribution in [2.45, 2.75) is 25.7 Å². The summed E-state index contributed by atoms with van der Waals surface area (Å²) in [4.78, 5) is 2.23. The van der Waals surface area contributed by atoms with Gasteiger partial charge in [0, 0.05) is 19.6 Å². The highest BCUT2D eigenvalue weighted by molar-refractivity contribution is 5.13. The van der Waals surface area contributed by atoms with E-state index in [2.05, 4.69) is 11.8 Å². The maximum absolute atomic E-state index is 9.96. The average Bonchev–Trinajstić information content (AvgIpc) is 2.40. The van der Waals surface area contributed by atoms with Gasteiger partial charge in [0.25, 0.3) is 0 Å². The summed E-state index contributed by atoms with van der Waals surface area (Å²) in [5, 5.41) is 9.96. The van der Waals surface area contributed by atoms with Gasteiger partial charge in [-0.15, -0.1) is 0 Å². The predicted molar refractivity (Wildman–Crippen MR) is 74.0 cm³/mol. The molecular formula is C15H23NO3. The fraction of sp³-hybridized carbons (Fsp3) is 0.600. The lowest BCUT2D eigenvalue weighted by molar-refractivity contribution is -0.0455. The number of β-amino-alcohol motifs (C(OH)–C–C–N with tert-alkyl or cyclic N) is 1. The molecule has 1 heterocycles. The van der Waals surface area contributed by atoms with Crippen molar-refractivity contribution in [3.05, 3.63) is 35.9 Å². The SMILES string of the molecule is CC1CN(CC(O)COCc2ccccc2)CCO1. The third-order valence-corrected chi connectivity index (χ3v) is 3.22. The number of hydrogen-bond acceptors (Lipinski definition) is 4. The van der Waals surface area contributed by atoms with Crippen molar-refractivity contribution in [3.8, 4) is 0 Å². The number of benzene rings is 1. The fourth-order valence-electron chi connectivity index (χ4n) is 2.29. The van der Waals surface area contributed by atoms with Crippen LogP contribution in [0, 0.1) is 0 Å². The van der Waals surface area contributed by atoms with Crippen molar-refractivity contribution in [3.63, 3.8) is 0 Å². The quantitative estimate of drug-likeness (QED) is 0.841. The van der Waals surface area contributed by atoms with Crippen molar-refractivity contribution >= 4 is 0 Å². The molecule has 1 N–H and O–H groups in total. The second-order valence-electron chi connectivity index (χ2n) is 5.10. The van der Waals surface area contributed by atoms with Crippen LogP contribution in [0.5, 0.6) is 0 Å². The normalized spacial score (nSPS) is 22.3. The van der Waals surface area contributed by atoms with E-state index in [9.17, 15) is 5.11 Å². The fourth-order valence-corrected chi connectivity index (χ4v) is 2.29. The molecule has 0 amide bonds. The van der Waals surface area contributed by atoms with Crippen LogP contribution in [0.15, 0.2) is 30.3 Å². The molecule has 0 spiro atoms. The number of hydrogen-bond donors (Lipinski definition) is 1. The molecule has 1 aliphatic heterocycles. The van der Waals surface area contributed by atoms with Gasteiger partial charge < -0.3 is 14.6 Å². The molecule has 1 aliphatic rings. The summed E-state index contributed by atoms with van der Waals surface area (Å²) in [6.07, 6.45) is -0.180. The van der Waals surface area contributed by atoms with Gasteiger partial charge in [0.15, 0.2) is 0 Å². The zero-order valence-corrected chi connectivity index (χ0v) is 11.5. The Kier molecular flexibility index (Phi) is 5.79. The summed E-state index contributed by atoms with van der Waals surface area (Å²) in [6, 6.07) is 10.0. The molecule has 0 bridgehead atoms. The number of aliphatic hydroxyl groups is 1. The molecule has 1 aromatic carbocycles. The number of rotatable bonds is 6. The molecule has 4 nitrogen and oxygen atoms in total. The zero-order valence-electron chi connectivity index (χ0n) is 11.5. The van der Waals surface area contributed by atoms with Crippen LogP contribution in [0.1, 0.15) is 12.5 Å². The van der Waals surface area contributed by atoms with E-state index in [-0.39, 0.29) is 6.10 Å². The Hall–Kier alpha value is -0.940. The molecule has 19 heavy (non-hydrogen) atoms. The Balaban J connectivity index is 1.63. The third kappa shape index (κ3) is 5.28. The first-order valence-electron chi connectivity index (χ1n) is 6.87. The van der Waals surface area contributed by atoms with Crippen LogP contribution in [-0.2, 0) is 16.1 Å². The summed E-state index contributed by atoms with van der Waals surface area (Å²) in [7, 11) is 0. The summed E-state index contributed by atoms with van der Waals surface area (Å²) >= 11 is 0. The summed E-state index contributed by atoms with van der Waals surface area (Å²) < 4.78 is 11.0. The lowest BCUT2D eigenvalue weighted by atomic mass is 10.2. The standard InChI is InChI=1S/C15H23NO3/c1-13-9-16(7-8-19-13)10-15(17)12-18-11-14-5-3-2-4-6-14/h2-6,13,15,17H,7-12H2,1H3. The molecular weight excluding hydrogens is 242 g/mol. The van der Waals surface area contributed by atoms with E-state index in [1.54, 1.807) is 0 Å². The molecule has 0 aliphatic carbocycles. The van der Waals surface area contributed by atoms with Crippen LogP contribution in [0.25, 0.3) is 0 Å². The molecule has 4 heteroatoms. The molecule has 2 unspecified atom stereocenters. The largest absolute Gasteiger partial charge is 0.389 e. The van der Waals surface area contributed by atoms with Gasteiger partial charge in [0.1, 0.15) is 0 Å². The smallest absolute Gasteiger partial charge is 0.0900 e. The van der Waals surface area contributed by atoms with Gasteiger partial charge in [0.2, 0.25) is 0 Å². The number of nitrogens with zero attached hydrogens (tertiary/aromatic N) is 1. The summed E-state index contributed by atoms with van der Waals surface area (Å²) in [5.74, 6) is 0. The van der Waals surface area contributed by atoms with Gasteiger partial charge in [-0.1, -0.05) is 30.3 Å². The molecule has 1 saturated heterocycles. The lowest BCUT2D eigenvalue weighted by Gasteiger charge is -2.32. The Morgan fingerprint density at radius 2 is 2.21 bits per heavy atom. The number of morpholine rings is 1. The summed E-state index contributed by atoms with van der Waals surface area (Å²) in [5.41, 5.74) is 1.13. The number of ether oxygens (including phenoxy) is 2. The van der Waals surface area contributed by atoms with Crippen LogP contribution in [-0.4, -0.2) is 55.1 Å². The molecule has 1 aromatic rings. The van der Waals surface area contributed by atoms with Crippen LogP contribution < -0.4 is 0 Å². The van der Waals surface area contributed by atoms with Crippen molar-refractivity contribution in [2.24, 2.45) is 0 Å². The highest BCUT2D eigenvalue weighted by Crippen LogP contribution is 2.06. The highest BCUT2D eigenvalue weighted by atomic mass is 16.5. The second kappa shape index (κ2) is 7.60. The van der Waals surface area contributed by atoms with E-state index in [4.69, 9.17) is 9.47 Å². The molecule has 0 aromatic heterocycles. The molecule has 0 radical (unpaired) electrons. The molecule has 2 rings (SSSR count). The minimum atomic E-state index is -0.436.